The van der Waals surface area contributed by atoms with Crippen LogP contribution in [0.3, 0.4) is 0 Å². The van der Waals surface area contributed by atoms with Crippen LogP contribution in [0.2, 0.25) is 0 Å². The molecule has 0 saturated heterocycles. The lowest BCUT2D eigenvalue weighted by molar-refractivity contribution is 0.193. The molecule has 0 amide bonds. The molecular formula is C40H69NO3P+. The molecule has 2 rings (SSSR count). The second kappa shape index (κ2) is 12.0. The molecule has 0 aliphatic carbocycles. The van der Waals surface area contributed by atoms with E-state index in [1.54, 1.807) is 0 Å². The van der Waals surface area contributed by atoms with Gasteiger partial charge in [-0.15, -0.1) is 0 Å². The fourth-order valence-electron chi connectivity index (χ4n) is 6.59. The monoisotopic (exact) mass is 643 g/mol. The topological polar surface area (TPSA) is 63.9 Å². The van der Waals surface area contributed by atoms with Crippen LogP contribution in [0, 0.1) is 0 Å². The van der Waals surface area contributed by atoms with Crippen molar-refractivity contribution in [3.8, 4) is 0 Å². The Balaban J connectivity index is 3.69. The van der Waals surface area contributed by atoms with Crippen molar-refractivity contribution in [1.82, 2.24) is 4.90 Å². The van der Waals surface area contributed by atoms with Gasteiger partial charge in [-0.1, -0.05) is 149 Å². The lowest BCUT2D eigenvalue weighted by Crippen LogP contribution is -2.51. The molecule has 0 atom stereocenters. The van der Waals surface area contributed by atoms with Crippen LogP contribution < -0.4 is 0 Å². The molecular weight excluding hydrogens is 573 g/mol. The van der Waals surface area contributed by atoms with Crippen molar-refractivity contribution in [2.24, 2.45) is 0 Å². The van der Waals surface area contributed by atoms with Gasteiger partial charge in [-0.05, 0) is 91.1 Å². The second-order valence-corrected chi connectivity index (χ2v) is 21.7. The van der Waals surface area contributed by atoms with E-state index in [1.165, 1.54) is 33.4 Å². The first-order valence-electron chi connectivity index (χ1n) is 16.7. The fraction of sp³-hybridized carbons (Fsp3) is 0.700. The minimum absolute atomic E-state index is 0.0947. The second-order valence-electron chi connectivity index (χ2n) is 20.0. The van der Waals surface area contributed by atoms with Crippen molar-refractivity contribution < 1.29 is 14.7 Å². The molecule has 0 radical (unpaired) electrons. The van der Waals surface area contributed by atoms with Gasteiger partial charge in [0.25, 0.3) is 0 Å². The van der Waals surface area contributed by atoms with Crippen LogP contribution in [0.1, 0.15) is 169 Å². The van der Waals surface area contributed by atoms with E-state index in [2.05, 4.69) is 154 Å². The van der Waals surface area contributed by atoms with Crippen molar-refractivity contribution >= 4 is 7.94 Å². The lowest BCUT2D eigenvalue weighted by Gasteiger charge is -2.49. The molecule has 0 aromatic heterocycles. The molecule has 0 aliphatic rings. The molecule has 0 unspecified atom stereocenters. The van der Waals surface area contributed by atoms with Crippen LogP contribution in [0.15, 0.2) is 24.3 Å². The molecule has 3 N–H and O–H groups in total. The highest BCUT2D eigenvalue weighted by Gasteiger charge is 2.55. The lowest BCUT2D eigenvalue weighted by atomic mass is 9.61. The minimum Gasteiger partial charge on any atom is -0.293 e. The molecule has 2 aromatic carbocycles. The average Bonchev–Trinajstić information content (AvgIpc) is 2.76. The quantitative estimate of drug-likeness (QED) is 0.284. The number of benzene rings is 2. The number of hydrogen-bond acceptors (Lipinski definition) is 4. The SMILES string of the molecule is CN(C)C(C[P+](O)(O)O)(c1c(C(C)(C)C)cc(C(C)(C)C)cc1C(C)(C)C)c1c(C(C)(C)C)cc(C(C)(C)C)cc1C(C)(C)C. The van der Waals surface area contributed by atoms with Gasteiger partial charge in [0.05, 0.1) is 0 Å². The molecule has 0 spiro atoms. The number of hydrogen-bond donors (Lipinski definition) is 3. The Kier molecular flexibility index (Phi) is 10.6. The zero-order valence-corrected chi connectivity index (χ0v) is 33.6. The van der Waals surface area contributed by atoms with Crippen LogP contribution in [-0.4, -0.2) is 39.8 Å². The summed E-state index contributed by atoms with van der Waals surface area (Å²) in [6.45, 7) is 40.6. The smallest absolute Gasteiger partial charge is 0.293 e. The summed E-state index contributed by atoms with van der Waals surface area (Å²) in [5.41, 5.74) is 6.92. The molecule has 256 valence electrons. The third-order valence-electron chi connectivity index (χ3n) is 9.27. The van der Waals surface area contributed by atoms with Crippen molar-refractivity contribution in [1.29, 1.82) is 0 Å². The van der Waals surface area contributed by atoms with E-state index in [-0.39, 0.29) is 38.7 Å². The van der Waals surface area contributed by atoms with Gasteiger partial charge in [0, 0.05) is 0 Å². The highest BCUT2D eigenvalue weighted by Crippen LogP contribution is 2.59. The normalized spacial score (nSPS) is 14.8. The molecule has 2 aromatic rings. The van der Waals surface area contributed by atoms with Gasteiger partial charge in [-0.2, -0.15) is 14.7 Å². The summed E-state index contributed by atoms with van der Waals surface area (Å²) in [7, 11) is -0.252. The Hall–Kier alpha value is -1.29. The Bertz CT molecular complexity index is 1210. The number of rotatable bonds is 5. The summed E-state index contributed by atoms with van der Waals surface area (Å²) in [5.74, 6) is 0. The van der Waals surface area contributed by atoms with Gasteiger partial charge in [0.15, 0.2) is 6.16 Å². The van der Waals surface area contributed by atoms with E-state index in [0.29, 0.717) is 0 Å². The van der Waals surface area contributed by atoms with Crippen LogP contribution in [0.4, 0.5) is 0 Å². The van der Waals surface area contributed by atoms with E-state index in [9.17, 15) is 14.7 Å². The van der Waals surface area contributed by atoms with E-state index >= 15 is 0 Å². The molecule has 0 heterocycles. The number of nitrogens with zero attached hydrogens (tertiary/aromatic N) is 1. The zero-order chi connectivity index (χ0) is 35.7. The first-order valence-corrected chi connectivity index (χ1v) is 18.5. The summed E-state index contributed by atoms with van der Waals surface area (Å²) in [5, 5.41) is 0. The van der Waals surface area contributed by atoms with E-state index in [4.69, 9.17) is 0 Å². The standard InChI is InChI=1S/C40H69NO3P/c1-34(2,3)26-21-28(36(7,8)9)32(29(22-26)37(10,11)12)40(41(19)20,25-45(42,43)44)33-30(38(13,14)15)23-27(35(4,5)6)24-31(33)39(16,17)18/h21-24,42-44H,25H2,1-20H3/q+1. The molecule has 0 aliphatic heterocycles. The maximum absolute atomic E-state index is 11.3. The van der Waals surface area contributed by atoms with Crippen LogP contribution in [-0.2, 0) is 38.0 Å². The summed E-state index contributed by atoms with van der Waals surface area (Å²) in [6, 6.07) is 9.41. The molecule has 0 fully saturated rings. The minimum atomic E-state index is -4.34. The highest BCUT2D eigenvalue weighted by atomic mass is 31.2. The van der Waals surface area contributed by atoms with Crippen LogP contribution >= 0.6 is 7.94 Å². The van der Waals surface area contributed by atoms with Crippen molar-refractivity contribution in [3.63, 3.8) is 0 Å². The van der Waals surface area contributed by atoms with Gasteiger partial charge in [0.2, 0.25) is 0 Å². The van der Waals surface area contributed by atoms with Gasteiger partial charge in [0.1, 0.15) is 5.54 Å². The maximum atomic E-state index is 11.3. The van der Waals surface area contributed by atoms with E-state index in [0.717, 1.165) is 11.1 Å². The molecule has 45 heavy (non-hydrogen) atoms. The summed E-state index contributed by atoms with van der Waals surface area (Å²) < 4.78 is 0. The molecule has 0 bridgehead atoms. The van der Waals surface area contributed by atoms with Gasteiger partial charge in [-0.3, -0.25) is 4.90 Å². The zero-order valence-electron chi connectivity index (χ0n) is 32.8. The summed E-state index contributed by atoms with van der Waals surface area (Å²) in [6.07, 6.45) is -0.213. The average molecular weight is 643 g/mol. The van der Waals surface area contributed by atoms with Gasteiger partial charge < -0.3 is 0 Å². The Morgan fingerprint density at radius 1 is 0.444 bits per heavy atom. The van der Waals surface area contributed by atoms with Crippen LogP contribution in [0.5, 0.6) is 0 Å². The predicted molar refractivity (Wildman–Crippen MR) is 198 cm³/mol. The Labute approximate surface area is 278 Å². The molecule has 5 heteroatoms. The van der Waals surface area contributed by atoms with E-state index in [1.807, 2.05) is 14.1 Å². The first-order chi connectivity index (χ1) is 19.6. The van der Waals surface area contributed by atoms with Gasteiger partial charge >= 0.3 is 7.94 Å². The first kappa shape index (κ1) is 39.9. The third-order valence-corrected chi connectivity index (χ3v) is 10.2. The van der Waals surface area contributed by atoms with Crippen molar-refractivity contribution in [2.45, 2.75) is 163 Å². The largest absolute Gasteiger partial charge is 0.406 e. The van der Waals surface area contributed by atoms with Crippen molar-refractivity contribution in [3.05, 3.63) is 68.8 Å². The fourth-order valence-corrected chi connectivity index (χ4v) is 7.80. The predicted octanol–water partition coefficient (Wildman–Crippen LogP) is 10.0. The highest BCUT2D eigenvalue weighted by molar-refractivity contribution is 7.58. The Morgan fingerprint density at radius 2 is 0.667 bits per heavy atom. The van der Waals surface area contributed by atoms with E-state index < -0.39 is 13.5 Å². The summed E-state index contributed by atoms with van der Waals surface area (Å²) >= 11 is 0. The summed E-state index contributed by atoms with van der Waals surface area (Å²) in [4.78, 5) is 36.0. The molecule has 0 saturated carbocycles. The molecule has 4 nitrogen and oxygen atoms in total. The van der Waals surface area contributed by atoms with Gasteiger partial charge in [-0.25, -0.2) is 0 Å². The van der Waals surface area contributed by atoms with Crippen LogP contribution in [0.25, 0.3) is 0 Å². The van der Waals surface area contributed by atoms with Crippen molar-refractivity contribution in [2.75, 3.05) is 20.3 Å². The Morgan fingerprint density at radius 3 is 0.800 bits per heavy atom. The maximum Gasteiger partial charge on any atom is 0.406 e. The third kappa shape index (κ3) is 8.60.